The molecule has 112 valence electrons. The lowest BCUT2D eigenvalue weighted by Crippen LogP contribution is -2.49. The number of hydrogen-bond acceptors (Lipinski definition) is 3. The fourth-order valence-electron chi connectivity index (χ4n) is 2.62. The van der Waals surface area contributed by atoms with E-state index in [4.69, 9.17) is 4.42 Å². The zero-order valence-corrected chi connectivity index (χ0v) is 12.2. The second kappa shape index (κ2) is 5.48. The molecule has 4 nitrogen and oxygen atoms in total. The van der Waals surface area contributed by atoms with Gasteiger partial charge in [0.15, 0.2) is 0 Å². The average Bonchev–Trinajstić information content (AvgIpc) is 2.71. The minimum atomic E-state index is -0.284. The highest BCUT2D eigenvalue weighted by Crippen LogP contribution is 2.26. The molecule has 1 aliphatic rings. The molecule has 5 heteroatoms. The van der Waals surface area contributed by atoms with Crippen LogP contribution in [0, 0.1) is 24.6 Å². The molecule has 0 aliphatic carbocycles. The van der Waals surface area contributed by atoms with Gasteiger partial charge in [-0.25, -0.2) is 4.39 Å². The van der Waals surface area contributed by atoms with Gasteiger partial charge in [-0.3, -0.25) is 4.79 Å². The Labute approximate surface area is 122 Å². The highest BCUT2D eigenvalue weighted by atomic mass is 19.1. The molecule has 1 saturated heterocycles. The molecule has 0 saturated carbocycles. The third-order valence-corrected chi connectivity index (χ3v) is 4.35. The van der Waals surface area contributed by atoms with Crippen molar-refractivity contribution in [1.29, 1.82) is 0 Å². The van der Waals surface area contributed by atoms with Crippen molar-refractivity contribution in [2.75, 3.05) is 13.1 Å². The fraction of sp³-hybridized carbons (Fsp3) is 0.438. The zero-order chi connectivity index (χ0) is 15.0. The summed E-state index contributed by atoms with van der Waals surface area (Å²) in [6.45, 7) is 5.97. The van der Waals surface area contributed by atoms with Gasteiger partial charge < -0.3 is 15.1 Å². The molecule has 1 unspecified atom stereocenters. The van der Waals surface area contributed by atoms with Crippen LogP contribution >= 0.6 is 0 Å². The Bertz CT molecular complexity index is 676. The van der Waals surface area contributed by atoms with Crippen LogP contribution in [0.3, 0.4) is 0 Å². The minimum Gasteiger partial charge on any atom is -0.459 e. The predicted octanol–water partition coefficient (Wildman–Crippen LogP) is 2.35. The zero-order valence-electron chi connectivity index (χ0n) is 12.2. The van der Waals surface area contributed by atoms with Crippen LogP contribution < -0.4 is 10.6 Å². The standard InChI is InChI=1S/C16H19FN2O2/c1-9(11-6-18-7-11)16(20)19-8-15-10(2)13-5-12(17)3-4-14(13)21-15/h3-5,9,11,18H,6-8H2,1-2H3,(H,19,20). The molecule has 2 heterocycles. The second-order valence-corrected chi connectivity index (χ2v) is 5.72. The van der Waals surface area contributed by atoms with Gasteiger partial charge in [-0.15, -0.1) is 0 Å². The highest BCUT2D eigenvalue weighted by molar-refractivity contribution is 5.82. The first kappa shape index (κ1) is 14.1. The van der Waals surface area contributed by atoms with Gasteiger partial charge in [-0.2, -0.15) is 0 Å². The summed E-state index contributed by atoms with van der Waals surface area (Å²) in [5, 5.41) is 6.84. The van der Waals surface area contributed by atoms with Gasteiger partial charge >= 0.3 is 0 Å². The van der Waals surface area contributed by atoms with Crippen molar-refractivity contribution in [1.82, 2.24) is 10.6 Å². The van der Waals surface area contributed by atoms with E-state index >= 15 is 0 Å². The lowest BCUT2D eigenvalue weighted by Gasteiger charge is -2.31. The Morgan fingerprint density at radius 3 is 2.95 bits per heavy atom. The van der Waals surface area contributed by atoms with E-state index in [-0.39, 0.29) is 17.6 Å². The van der Waals surface area contributed by atoms with Crippen molar-refractivity contribution in [2.45, 2.75) is 20.4 Å². The summed E-state index contributed by atoms with van der Waals surface area (Å²) in [7, 11) is 0. The van der Waals surface area contributed by atoms with Crippen LogP contribution in [0.15, 0.2) is 22.6 Å². The quantitative estimate of drug-likeness (QED) is 0.909. The number of carbonyl (C=O) groups excluding carboxylic acids is 1. The van der Waals surface area contributed by atoms with Crippen LogP contribution in [0.1, 0.15) is 18.2 Å². The van der Waals surface area contributed by atoms with Crippen molar-refractivity contribution in [2.24, 2.45) is 11.8 Å². The lowest BCUT2D eigenvalue weighted by molar-refractivity contribution is -0.126. The SMILES string of the molecule is Cc1c(CNC(=O)C(C)C2CNC2)oc2ccc(F)cc12. The number of carbonyl (C=O) groups is 1. The molecule has 1 aromatic heterocycles. The van der Waals surface area contributed by atoms with Crippen LogP contribution in [0.5, 0.6) is 0 Å². The first-order valence-electron chi connectivity index (χ1n) is 7.22. The molecule has 1 amide bonds. The van der Waals surface area contributed by atoms with Crippen molar-refractivity contribution in [3.63, 3.8) is 0 Å². The van der Waals surface area contributed by atoms with Crippen molar-refractivity contribution >= 4 is 16.9 Å². The van der Waals surface area contributed by atoms with E-state index in [0.717, 1.165) is 24.0 Å². The number of furan rings is 1. The number of rotatable bonds is 4. The van der Waals surface area contributed by atoms with Crippen LogP contribution in [0.25, 0.3) is 11.0 Å². The molecule has 1 aromatic carbocycles. The maximum Gasteiger partial charge on any atom is 0.223 e. The van der Waals surface area contributed by atoms with E-state index in [1.165, 1.54) is 12.1 Å². The van der Waals surface area contributed by atoms with Gasteiger partial charge in [-0.1, -0.05) is 6.92 Å². The molecule has 3 rings (SSSR count). The van der Waals surface area contributed by atoms with Gasteiger partial charge in [0.2, 0.25) is 5.91 Å². The number of amides is 1. The van der Waals surface area contributed by atoms with Gasteiger partial charge in [-0.05, 0) is 44.1 Å². The second-order valence-electron chi connectivity index (χ2n) is 5.72. The Kier molecular flexibility index (Phi) is 3.68. The van der Waals surface area contributed by atoms with Gasteiger partial charge in [0.1, 0.15) is 17.2 Å². The number of nitrogens with one attached hydrogen (secondary N) is 2. The number of aryl methyl sites for hydroxylation is 1. The van der Waals surface area contributed by atoms with E-state index in [0.29, 0.717) is 23.8 Å². The topological polar surface area (TPSA) is 54.3 Å². The third-order valence-electron chi connectivity index (χ3n) is 4.35. The molecular weight excluding hydrogens is 271 g/mol. The van der Waals surface area contributed by atoms with E-state index in [1.54, 1.807) is 6.07 Å². The summed E-state index contributed by atoms with van der Waals surface area (Å²) in [4.78, 5) is 12.1. The molecule has 1 fully saturated rings. The van der Waals surface area contributed by atoms with Gasteiger partial charge in [0, 0.05) is 16.9 Å². The van der Waals surface area contributed by atoms with Gasteiger partial charge in [0.25, 0.3) is 0 Å². The Morgan fingerprint density at radius 1 is 1.52 bits per heavy atom. The van der Waals surface area contributed by atoms with Crippen molar-refractivity contribution < 1.29 is 13.6 Å². The Hall–Kier alpha value is -1.88. The molecule has 2 N–H and O–H groups in total. The summed E-state index contributed by atoms with van der Waals surface area (Å²) in [6, 6.07) is 4.45. The van der Waals surface area contributed by atoms with Crippen LogP contribution in [-0.4, -0.2) is 19.0 Å². The Balaban J connectivity index is 1.70. The molecule has 2 aromatic rings. The number of hydrogen-bond donors (Lipinski definition) is 2. The summed E-state index contributed by atoms with van der Waals surface area (Å²) in [6.07, 6.45) is 0. The monoisotopic (exact) mass is 290 g/mol. The smallest absolute Gasteiger partial charge is 0.223 e. The fourth-order valence-corrected chi connectivity index (χ4v) is 2.62. The van der Waals surface area contributed by atoms with E-state index < -0.39 is 0 Å². The number of fused-ring (bicyclic) bond motifs is 1. The first-order valence-corrected chi connectivity index (χ1v) is 7.22. The van der Waals surface area contributed by atoms with Crippen LogP contribution in [0.2, 0.25) is 0 Å². The van der Waals surface area contributed by atoms with E-state index in [2.05, 4.69) is 10.6 Å². The maximum absolute atomic E-state index is 13.3. The van der Waals surface area contributed by atoms with Crippen molar-refractivity contribution in [3.8, 4) is 0 Å². The largest absolute Gasteiger partial charge is 0.459 e. The minimum absolute atomic E-state index is 0.00613. The van der Waals surface area contributed by atoms with Crippen molar-refractivity contribution in [3.05, 3.63) is 35.3 Å². The Morgan fingerprint density at radius 2 is 2.29 bits per heavy atom. The average molecular weight is 290 g/mol. The summed E-state index contributed by atoms with van der Waals surface area (Å²) in [5.74, 6) is 0.841. The predicted molar refractivity (Wildman–Crippen MR) is 78.3 cm³/mol. The summed E-state index contributed by atoms with van der Waals surface area (Å²) < 4.78 is 19.0. The highest BCUT2D eigenvalue weighted by Gasteiger charge is 2.28. The third kappa shape index (κ3) is 2.65. The van der Waals surface area contributed by atoms with Crippen LogP contribution in [-0.2, 0) is 11.3 Å². The van der Waals surface area contributed by atoms with E-state index in [1.807, 2.05) is 13.8 Å². The van der Waals surface area contributed by atoms with Crippen LogP contribution in [0.4, 0.5) is 4.39 Å². The lowest BCUT2D eigenvalue weighted by atomic mass is 9.88. The maximum atomic E-state index is 13.3. The summed E-state index contributed by atoms with van der Waals surface area (Å²) in [5.41, 5.74) is 1.53. The molecule has 1 aliphatic heterocycles. The van der Waals surface area contributed by atoms with Gasteiger partial charge in [0.05, 0.1) is 6.54 Å². The number of benzene rings is 1. The molecule has 0 radical (unpaired) electrons. The number of halogens is 1. The molecule has 0 spiro atoms. The molecular formula is C16H19FN2O2. The first-order chi connectivity index (χ1) is 10.1. The summed E-state index contributed by atoms with van der Waals surface area (Å²) >= 11 is 0. The molecule has 1 atom stereocenters. The van der Waals surface area contributed by atoms with E-state index in [9.17, 15) is 9.18 Å². The molecule has 0 bridgehead atoms. The molecule has 21 heavy (non-hydrogen) atoms. The normalized spacial score (nSPS) is 16.7.